The maximum atomic E-state index is 13.1. The number of hydrogen-bond acceptors (Lipinski definition) is 4. The molecule has 144 valence electrons. The molecule has 1 aliphatic heterocycles. The molecule has 0 saturated carbocycles. The van der Waals surface area contributed by atoms with Crippen LogP contribution in [0.3, 0.4) is 0 Å². The first kappa shape index (κ1) is 18.9. The van der Waals surface area contributed by atoms with Crippen molar-refractivity contribution in [1.82, 2.24) is 24.9 Å². The first-order valence-electron chi connectivity index (χ1n) is 9.01. The minimum Gasteiger partial charge on any atom is -0.330 e. The molecule has 0 bridgehead atoms. The summed E-state index contributed by atoms with van der Waals surface area (Å²) >= 11 is 12.3. The molecule has 1 unspecified atom stereocenters. The van der Waals surface area contributed by atoms with Crippen LogP contribution >= 0.6 is 23.2 Å². The molecule has 0 radical (unpaired) electrons. The molecular formula is C20H19Cl2N5O. The van der Waals surface area contributed by atoms with E-state index in [-0.39, 0.29) is 17.0 Å². The van der Waals surface area contributed by atoms with Crippen molar-refractivity contribution >= 4 is 29.1 Å². The lowest BCUT2D eigenvalue weighted by Crippen LogP contribution is -2.39. The average molecular weight is 416 g/mol. The third kappa shape index (κ3) is 3.06. The molecule has 3 heterocycles. The summed E-state index contributed by atoms with van der Waals surface area (Å²) in [5, 5.41) is 9.33. The highest BCUT2D eigenvalue weighted by molar-refractivity contribution is 6.43. The van der Waals surface area contributed by atoms with Crippen LogP contribution in [0.2, 0.25) is 10.0 Å². The number of aromatic nitrogens is 4. The van der Waals surface area contributed by atoms with Gasteiger partial charge in [-0.15, -0.1) is 5.10 Å². The fourth-order valence-electron chi connectivity index (χ4n) is 3.64. The summed E-state index contributed by atoms with van der Waals surface area (Å²) < 4.78 is 1.79. The van der Waals surface area contributed by atoms with Gasteiger partial charge in [0.1, 0.15) is 5.69 Å². The van der Waals surface area contributed by atoms with Crippen LogP contribution in [0, 0.1) is 13.8 Å². The largest absolute Gasteiger partial charge is 0.330 e. The second-order valence-corrected chi connectivity index (χ2v) is 7.80. The number of carbonyl (C=O) groups excluding carboxylic acids is 1. The van der Waals surface area contributed by atoms with Crippen LogP contribution in [-0.2, 0) is 6.42 Å². The van der Waals surface area contributed by atoms with E-state index in [4.69, 9.17) is 23.2 Å². The smallest absolute Gasteiger partial charge is 0.255 e. The lowest BCUT2D eigenvalue weighted by atomic mass is 10.0. The minimum atomic E-state index is -0.231. The fourth-order valence-corrected chi connectivity index (χ4v) is 4.02. The van der Waals surface area contributed by atoms with Gasteiger partial charge in [-0.1, -0.05) is 40.5 Å². The Morgan fingerprint density at radius 2 is 2.04 bits per heavy atom. The molecule has 28 heavy (non-hydrogen) atoms. The van der Waals surface area contributed by atoms with Gasteiger partial charge < -0.3 is 4.90 Å². The van der Waals surface area contributed by atoms with Crippen molar-refractivity contribution in [1.29, 1.82) is 0 Å². The van der Waals surface area contributed by atoms with E-state index in [1.807, 2.05) is 27.0 Å². The van der Waals surface area contributed by atoms with E-state index >= 15 is 0 Å². The number of halogens is 2. The standard InChI is InChI=1S/C20H19Cl2N5O/c1-11-9-12(2)19(23-10-11)27-16-7-8-26(13(3)18(16)24-25-27)20(28)14-5-4-6-15(21)17(14)22/h4-6,9-10,13H,7-8H2,1-3H3. The molecule has 1 amide bonds. The molecule has 0 N–H and O–H groups in total. The zero-order valence-electron chi connectivity index (χ0n) is 15.8. The summed E-state index contributed by atoms with van der Waals surface area (Å²) in [6.07, 6.45) is 2.45. The van der Waals surface area contributed by atoms with E-state index in [9.17, 15) is 4.79 Å². The summed E-state index contributed by atoms with van der Waals surface area (Å²) in [6, 6.07) is 6.92. The van der Waals surface area contributed by atoms with Crippen LogP contribution < -0.4 is 0 Å². The molecule has 2 aromatic heterocycles. The number of benzene rings is 1. The molecule has 0 spiro atoms. The third-order valence-electron chi connectivity index (χ3n) is 5.08. The van der Waals surface area contributed by atoms with Crippen molar-refractivity contribution in [2.75, 3.05) is 6.54 Å². The highest BCUT2D eigenvalue weighted by atomic mass is 35.5. The van der Waals surface area contributed by atoms with E-state index in [1.165, 1.54) is 0 Å². The zero-order chi connectivity index (χ0) is 20.0. The summed E-state index contributed by atoms with van der Waals surface area (Å²) in [5.74, 6) is 0.606. The Kier molecular flexibility index (Phi) is 4.85. The molecule has 8 heteroatoms. The van der Waals surface area contributed by atoms with Crippen LogP contribution in [0.1, 0.15) is 45.8 Å². The van der Waals surface area contributed by atoms with E-state index in [0.29, 0.717) is 23.6 Å². The van der Waals surface area contributed by atoms with Crippen molar-refractivity contribution in [2.24, 2.45) is 0 Å². The topological polar surface area (TPSA) is 63.9 Å². The van der Waals surface area contributed by atoms with Crippen LogP contribution in [0.5, 0.6) is 0 Å². The molecule has 1 aromatic carbocycles. The van der Waals surface area contributed by atoms with E-state index in [1.54, 1.807) is 27.8 Å². The lowest BCUT2D eigenvalue weighted by Gasteiger charge is -2.33. The normalized spacial score (nSPS) is 16.2. The van der Waals surface area contributed by atoms with Crippen molar-refractivity contribution < 1.29 is 4.79 Å². The Bertz CT molecular complexity index is 1080. The van der Waals surface area contributed by atoms with Gasteiger partial charge in [0, 0.05) is 19.2 Å². The number of nitrogens with zero attached hydrogens (tertiary/aromatic N) is 5. The quantitative estimate of drug-likeness (QED) is 0.623. The molecule has 4 rings (SSSR count). The van der Waals surface area contributed by atoms with Gasteiger partial charge in [0.2, 0.25) is 0 Å². The van der Waals surface area contributed by atoms with Crippen LogP contribution in [-0.4, -0.2) is 37.3 Å². The second-order valence-electron chi connectivity index (χ2n) is 7.01. The number of amides is 1. The van der Waals surface area contributed by atoms with Gasteiger partial charge in [-0.25, -0.2) is 4.98 Å². The van der Waals surface area contributed by atoms with E-state index in [2.05, 4.69) is 21.4 Å². The van der Waals surface area contributed by atoms with Crippen LogP contribution in [0.4, 0.5) is 0 Å². The summed E-state index contributed by atoms with van der Waals surface area (Å²) in [6.45, 7) is 6.50. The number of pyridine rings is 1. The van der Waals surface area contributed by atoms with Crippen molar-refractivity contribution in [3.8, 4) is 5.82 Å². The molecule has 1 aliphatic rings. The van der Waals surface area contributed by atoms with Gasteiger partial charge >= 0.3 is 0 Å². The monoisotopic (exact) mass is 415 g/mol. The number of rotatable bonds is 2. The highest BCUT2D eigenvalue weighted by Gasteiger charge is 2.34. The molecule has 0 saturated heterocycles. The maximum Gasteiger partial charge on any atom is 0.255 e. The van der Waals surface area contributed by atoms with Gasteiger partial charge in [0.05, 0.1) is 27.3 Å². The first-order valence-corrected chi connectivity index (χ1v) is 9.77. The maximum absolute atomic E-state index is 13.1. The van der Waals surface area contributed by atoms with Crippen LogP contribution in [0.15, 0.2) is 30.5 Å². The van der Waals surface area contributed by atoms with Gasteiger partial charge in [0.15, 0.2) is 5.82 Å². The molecule has 0 fully saturated rings. The predicted octanol–water partition coefficient (Wildman–Crippen LogP) is 4.35. The Hall–Kier alpha value is -2.44. The molecule has 6 nitrogen and oxygen atoms in total. The summed E-state index contributed by atoms with van der Waals surface area (Å²) in [5.41, 5.74) is 4.28. The molecule has 1 atom stereocenters. The number of aryl methyl sites for hydroxylation is 2. The minimum absolute atomic E-state index is 0.162. The Morgan fingerprint density at radius 3 is 2.79 bits per heavy atom. The molecule has 0 aliphatic carbocycles. The molecular weight excluding hydrogens is 397 g/mol. The predicted molar refractivity (Wildman–Crippen MR) is 108 cm³/mol. The van der Waals surface area contributed by atoms with Crippen molar-refractivity contribution in [3.05, 3.63) is 68.6 Å². The Labute approximate surface area is 173 Å². The van der Waals surface area contributed by atoms with Gasteiger partial charge in [-0.2, -0.15) is 4.68 Å². The lowest BCUT2D eigenvalue weighted by molar-refractivity contribution is 0.0672. The average Bonchev–Trinajstić information content (AvgIpc) is 3.08. The zero-order valence-corrected chi connectivity index (χ0v) is 17.3. The highest BCUT2D eigenvalue weighted by Crippen LogP contribution is 2.33. The van der Waals surface area contributed by atoms with Gasteiger partial charge in [-0.05, 0) is 44.0 Å². The number of fused-ring (bicyclic) bond motifs is 1. The summed E-state index contributed by atoms with van der Waals surface area (Å²) in [7, 11) is 0. The number of hydrogen-bond donors (Lipinski definition) is 0. The fraction of sp³-hybridized carbons (Fsp3) is 0.300. The van der Waals surface area contributed by atoms with Crippen molar-refractivity contribution in [3.63, 3.8) is 0 Å². The van der Waals surface area contributed by atoms with Crippen LogP contribution in [0.25, 0.3) is 5.82 Å². The SMILES string of the molecule is Cc1cnc(-n2nnc3c2CCN(C(=O)c2cccc(Cl)c2Cl)C3C)c(C)c1. The van der Waals surface area contributed by atoms with Crippen molar-refractivity contribution in [2.45, 2.75) is 33.2 Å². The summed E-state index contributed by atoms with van der Waals surface area (Å²) in [4.78, 5) is 19.4. The van der Waals surface area contributed by atoms with Gasteiger partial charge in [0.25, 0.3) is 5.91 Å². The van der Waals surface area contributed by atoms with E-state index < -0.39 is 0 Å². The second kappa shape index (κ2) is 7.18. The Balaban J connectivity index is 1.68. The van der Waals surface area contributed by atoms with E-state index in [0.717, 1.165) is 28.3 Å². The third-order valence-corrected chi connectivity index (χ3v) is 5.90. The number of carbonyl (C=O) groups is 1. The first-order chi connectivity index (χ1) is 13.4. The molecule has 3 aromatic rings. The van der Waals surface area contributed by atoms with Gasteiger partial charge in [-0.3, -0.25) is 4.79 Å². The Morgan fingerprint density at radius 1 is 1.25 bits per heavy atom.